The summed E-state index contributed by atoms with van der Waals surface area (Å²) in [4.78, 5) is 46.3. The highest BCUT2D eigenvalue weighted by atomic mass is 31.2. The van der Waals surface area contributed by atoms with E-state index in [-0.39, 0.29) is 18.6 Å². The molecule has 6 N–H and O–H groups in total. The standard InChI is InChI=1S/C18H25N3O2.C18H15O3P.C11H19NO4.C7H10N2/c1-12-7-5-9-14-15(12)20-16(19-14)13-8-6-10-21(11-13)17(22)23-18(2,3)4;1-4-10-16(11-5-1)19-22(20-17-12-6-2-7-13-17)21-18-14-8-3-9-15-18;1-11(2,3)16-10(15)12-6-4-5-8(7-12)9(13)14;1-5-3-2-4-6(8)7(5)9/h5,7,9,13H,6,8,10-11H2,1-4H3,(H,19,20);1-15H;8H,4-7H2,1-3H3,(H,13,14);2-4H,8-9H2,1H3/t13-;;8-;/m1.1./s1. The van der Waals surface area contributed by atoms with Crippen molar-refractivity contribution in [3.05, 3.63) is 144 Å². The van der Waals surface area contributed by atoms with Gasteiger partial charge >= 0.3 is 26.8 Å². The van der Waals surface area contributed by atoms with Crippen molar-refractivity contribution in [2.45, 2.75) is 98.2 Å². The van der Waals surface area contributed by atoms with Crippen LogP contribution in [0.15, 0.2) is 127 Å². The fraction of sp³-hybridized carbons (Fsp3) is 0.370. The molecule has 16 heteroatoms. The molecule has 8 rings (SSSR count). The first kappa shape index (κ1) is 54.0. The number of benzene rings is 5. The van der Waals surface area contributed by atoms with Crippen molar-refractivity contribution in [3.63, 3.8) is 0 Å². The largest absolute Gasteiger partial charge is 0.530 e. The van der Waals surface area contributed by atoms with Gasteiger partial charge in [-0.2, -0.15) is 0 Å². The van der Waals surface area contributed by atoms with Gasteiger partial charge in [-0.3, -0.25) is 4.79 Å². The minimum atomic E-state index is -1.59. The molecule has 2 fully saturated rings. The van der Waals surface area contributed by atoms with E-state index < -0.39 is 37.8 Å². The van der Waals surface area contributed by atoms with E-state index in [0.29, 0.717) is 48.1 Å². The maximum atomic E-state index is 12.3. The van der Waals surface area contributed by atoms with Gasteiger partial charge in [0.1, 0.15) is 34.3 Å². The number of fused-ring (bicyclic) bond motifs is 1. The summed E-state index contributed by atoms with van der Waals surface area (Å²) in [5.74, 6) is 2.04. The normalized spacial score (nSPS) is 15.7. The van der Waals surface area contributed by atoms with Crippen LogP contribution in [0.4, 0.5) is 21.0 Å². The fourth-order valence-corrected chi connectivity index (χ4v) is 8.21. The number of rotatable bonds is 8. The van der Waals surface area contributed by atoms with Crippen molar-refractivity contribution in [2.24, 2.45) is 5.92 Å². The summed E-state index contributed by atoms with van der Waals surface area (Å²) in [6, 6.07) is 40.3. The number of anilines is 2. The van der Waals surface area contributed by atoms with Gasteiger partial charge in [0.25, 0.3) is 0 Å². The number of carboxylic acid groups (broad SMARTS) is 1. The number of nitrogens with two attached hydrogens (primary N) is 2. The lowest BCUT2D eigenvalue weighted by Crippen LogP contribution is -2.44. The van der Waals surface area contributed by atoms with E-state index >= 15 is 0 Å². The highest BCUT2D eigenvalue weighted by Gasteiger charge is 2.32. The molecule has 2 saturated heterocycles. The Kier molecular flexibility index (Phi) is 19.7. The Morgan fingerprint density at radius 1 is 0.629 bits per heavy atom. The minimum Gasteiger partial charge on any atom is -0.481 e. The van der Waals surface area contributed by atoms with Crippen molar-refractivity contribution in [1.82, 2.24) is 19.8 Å². The molecule has 70 heavy (non-hydrogen) atoms. The van der Waals surface area contributed by atoms with Gasteiger partial charge in [0.05, 0.1) is 28.3 Å². The van der Waals surface area contributed by atoms with E-state index in [4.69, 9.17) is 44.6 Å². The number of hydrogen-bond donors (Lipinski definition) is 4. The summed E-state index contributed by atoms with van der Waals surface area (Å²) in [7, 11) is -1.59. The third kappa shape index (κ3) is 17.8. The number of nitrogens with one attached hydrogen (secondary N) is 1. The highest BCUT2D eigenvalue weighted by Crippen LogP contribution is 2.42. The maximum Gasteiger partial charge on any atom is 0.530 e. The van der Waals surface area contributed by atoms with Crippen LogP contribution in [0.3, 0.4) is 0 Å². The number of para-hydroxylation sites is 5. The Morgan fingerprint density at radius 3 is 1.53 bits per heavy atom. The number of aromatic amines is 1. The zero-order valence-corrected chi connectivity index (χ0v) is 42.5. The molecule has 6 aromatic rings. The Bertz CT molecular complexity index is 2450. The third-order valence-electron chi connectivity index (χ3n) is 10.7. The van der Waals surface area contributed by atoms with Crippen LogP contribution in [0, 0.1) is 19.8 Å². The monoisotopic (exact) mass is 976 g/mol. The van der Waals surface area contributed by atoms with Gasteiger partial charge in [0.15, 0.2) is 0 Å². The second kappa shape index (κ2) is 25.6. The van der Waals surface area contributed by atoms with Crippen LogP contribution in [-0.4, -0.2) is 80.4 Å². The summed E-state index contributed by atoms with van der Waals surface area (Å²) in [6.45, 7) is 17.3. The van der Waals surface area contributed by atoms with E-state index in [1.807, 2.05) is 143 Å². The van der Waals surface area contributed by atoms with Gasteiger partial charge in [0.2, 0.25) is 0 Å². The molecular formula is C54H69N6O9P. The first-order valence-electron chi connectivity index (χ1n) is 23.5. The minimum absolute atomic E-state index is 0.227. The van der Waals surface area contributed by atoms with Gasteiger partial charge in [0, 0.05) is 32.1 Å². The molecule has 374 valence electrons. The predicted octanol–water partition coefficient (Wildman–Crippen LogP) is 12.3. The van der Waals surface area contributed by atoms with E-state index in [9.17, 15) is 14.4 Å². The average Bonchev–Trinajstić information content (AvgIpc) is 3.78. The predicted molar refractivity (Wildman–Crippen MR) is 277 cm³/mol. The number of nitrogen functional groups attached to an aromatic ring is 2. The number of H-pyrrole nitrogens is 1. The number of amides is 2. The summed E-state index contributed by atoms with van der Waals surface area (Å²) >= 11 is 0. The molecule has 2 aliphatic rings. The zero-order chi connectivity index (χ0) is 50.8. The molecule has 0 aliphatic carbocycles. The van der Waals surface area contributed by atoms with Gasteiger partial charge in [-0.05, 0) is 141 Å². The zero-order valence-electron chi connectivity index (χ0n) is 41.6. The first-order valence-corrected chi connectivity index (χ1v) is 24.6. The second-order valence-corrected chi connectivity index (χ2v) is 20.0. The lowest BCUT2D eigenvalue weighted by molar-refractivity contribution is -0.143. The van der Waals surface area contributed by atoms with Gasteiger partial charge < -0.3 is 54.4 Å². The molecule has 0 spiro atoms. The van der Waals surface area contributed by atoms with Crippen LogP contribution < -0.4 is 25.0 Å². The number of carboxylic acids is 1. The Labute approximate surface area is 413 Å². The van der Waals surface area contributed by atoms with E-state index in [0.717, 1.165) is 48.2 Å². The number of aliphatic carboxylic acids is 1. The lowest BCUT2D eigenvalue weighted by atomic mass is 9.98. The smallest absolute Gasteiger partial charge is 0.481 e. The summed E-state index contributed by atoms with van der Waals surface area (Å²) in [6.07, 6.45) is 2.72. The van der Waals surface area contributed by atoms with Crippen LogP contribution >= 0.6 is 8.60 Å². The van der Waals surface area contributed by atoms with Crippen molar-refractivity contribution >= 4 is 49.2 Å². The number of piperidine rings is 2. The van der Waals surface area contributed by atoms with Gasteiger partial charge in [-0.25, -0.2) is 14.6 Å². The molecule has 2 atom stereocenters. The van der Waals surface area contributed by atoms with Crippen LogP contribution in [0.5, 0.6) is 17.2 Å². The molecular weight excluding hydrogens is 908 g/mol. The number of nitrogens with zero attached hydrogens (tertiary/aromatic N) is 3. The van der Waals surface area contributed by atoms with Crippen molar-refractivity contribution in [3.8, 4) is 17.2 Å². The molecule has 0 bridgehead atoms. The van der Waals surface area contributed by atoms with E-state index in [1.54, 1.807) is 31.7 Å². The molecule has 1 aromatic heterocycles. The van der Waals surface area contributed by atoms with E-state index in [1.165, 1.54) is 10.5 Å². The Balaban J connectivity index is 0.000000182. The molecule has 2 amide bonds. The van der Waals surface area contributed by atoms with Crippen molar-refractivity contribution < 1.29 is 42.5 Å². The highest BCUT2D eigenvalue weighted by molar-refractivity contribution is 7.43. The summed E-state index contributed by atoms with van der Waals surface area (Å²) in [5, 5.41) is 8.89. The number of ether oxygens (including phenoxy) is 2. The average molecular weight is 977 g/mol. The summed E-state index contributed by atoms with van der Waals surface area (Å²) < 4.78 is 28.2. The molecule has 5 aromatic carbocycles. The van der Waals surface area contributed by atoms with E-state index in [2.05, 4.69) is 18.0 Å². The van der Waals surface area contributed by atoms with Crippen LogP contribution in [0.25, 0.3) is 11.0 Å². The van der Waals surface area contributed by atoms with Crippen LogP contribution in [0.1, 0.15) is 90.1 Å². The van der Waals surface area contributed by atoms with Crippen molar-refractivity contribution in [2.75, 3.05) is 37.6 Å². The number of aromatic nitrogens is 2. The van der Waals surface area contributed by atoms with Crippen LogP contribution in [0.2, 0.25) is 0 Å². The second-order valence-electron chi connectivity index (χ2n) is 19.0. The SMILES string of the molecule is CC(C)(C)OC(=O)N1CCC[C@@H](C(=O)O)C1.Cc1cccc(N)c1N.Cc1cccc2[nH]c([C@@H]3CCCN(C(=O)OC(C)(C)C)C3)nc12.c1ccc(OP(Oc2ccccc2)Oc2ccccc2)cc1. The fourth-order valence-electron chi connectivity index (χ4n) is 7.21. The maximum absolute atomic E-state index is 12.3. The topological polar surface area (TPSA) is 205 Å². The molecule has 3 heterocycles. The molecule has 0 saturated carbocycles. The third-order valence-corrected chi connectivity index (χ3v) is 11.8. The number of carbonyl (C=O) groups is 3. The van der Waals surface area contributed by atoms with Crippen LogP contribution in [-0.2, 0) is 14.3 Å². The lowest BCUT2D eigenvalue weighted by Gasteiger charge is -2.33. The number of hydrogen-bond acceptors (Lipinski definition) is 11. The molecule has 2 aliphatic heterocycles. The molecule has 0 unspecified atom stereocenters. The quantitative estimate of drug-likeness (QED) is 0.0831. The van der Waals surface area contributed by atoms with Crippen molar-refractivity contribution in [1.29, 1.82) is 0 Å². The number of imidazole rings is 1. The summed E-state index contributed by atoms with van der Waals surface area (Å²) in [5.41, 5.74) is 15.7. The molecule has 15 nitrogen and oxygen atoms in total. The Morgan fingerprint density at radius 2 is 1.09 bits per heavy atom. The number of carbonyl (C=O) groups excluding carboxylic acids is 2. The first-order chi connectivity index (χ1) is 33.2. The number of aryl methyl sites for hydroxylation is 2. The number of likely N-dealkylation sites (tertiary alicyclic amines) is 2. The van der Waals surface area contributed by atoms with Gasteiger partial charge in [-0.1, -0.05) is 78.9 Å². The Hall–Kier alpha value is -6.99. The van der Waals surface area contributed by atoms with Gasteiger partial charge in [-0.15, -0.1) is 0 Å². The molecule has 0 radical (unpaired) electrons.